The minimum Gasteiger partial charge on any atom is -0.466 e. The summed E-state index contributed by atoms with van der Waals surface area (Å²) in [5.74, 6) is -0.427. The summed E-state index contributed by atoms with van der Waals surface area (Å²) in [5.41, 5.74) is 0.755. The maximum absolute atomic E-state index is 12.3. The first-order chi connectivity index (χ1) is 9.91. The smallest absolute Gasteiger partial charge is 0.307 e. The monoisotopic (exact) mass is 310 g/mol. The Labute approximate surface area is 125 Å². The van der Waals surface area contributed by atoms with Gasteiger partial charge in [-0.2, -0.15) is 5.26 Å². The third-order valence-electron chi connectivity index (χ3n) is 2.85. The Bertz CT molecular complexity index is 617. The van der Waals surface area contributed by atoms with Gasteiger partial charge in [0.2, 0.25) is 10.0 Å². The van der Waals surface area contributed by atoms with Gasteiger partial charge in [0, 0.05) is 13.6 Å². The van der Waals surface area contributed by atoms with Crippen molar-refractivity contribution < 1.29 is 17.9 Å². The standard InChI is InChI=1S/C14H18N2O4S/c1-3-20-14(17)9-11-16(2)21(18,19)13-6-4-12(5-7-13)8-10-15/h4-7H,3,8-9,11H2,1-2H3. The normalized spacial score (nSPS) is 11.1. The van der Waals surface area contributed by atoms with E-state index in [2.05, 4.69) is 0 Å². The highest BCUT2D eigenvalue weighted by Crippen LogP contribution is 2.15. The van der Waals surface area contributed by atoms with Gasteiger partial charge in [-0.25, -0.2) is 12.7 Å². The molecule has 0 spiro atoms. The molecule has 0 amide bonds. The SMILES string of the molecule is CCOC(=O)CCN(C)S(=O)(=O)c1ccc(CC#N)cc1. The Morgan fingerprint density at radius 2 is 1.95 bits per heavy atom. The Balaban J connectivity index is 2.75. The van der Waals surface area contributed by atoms with E-state index in [4.69, 9.17) is 10.00 Å². The lowest BCUT2D eigenvalue weighted by molar-refractivity contribution is -0.143. The van der Waals surface area contributed by atoms with E-state index in [-0.39, 0.29) is 30.9 Å². The largest absolute Gasteiger partial charge is 0.466 e. The van der Waals surface area contributed by atoms with Gasteiger partial charge in [0.15, 0.2) is 0 Å². The second-order valence-corrected chi connectivity index (χ2v) is 6.41. The van der Waals surface area contributed by atoms with Gasteiger partial charge in [0.1, 0.15) is 0 Å². The molecule has 6 nitrogen and oxygen atoms in total. The first-order valence-electron chi connectivity index (χ1n) is 6.49. The summed E-state index contributed by atoms with van der Waals surface area (Å²) in [7, 11) is -2.22. The molecule has 0 aromatic heterocycles. The fourth-order valence-corrected chi connectivity index (χ4v) is 2.82. The fourth-order valence-electron chi connectivity index (χ4n) is 1.65. The molecule has 0 N–H and O–H groups in total. The molecule has 0 radical (unpaired) electrons. The van der Waals surface area contributed by atoms with Crippen molar-refractivity contribution in [1.82, 2.24) is 4.31 Å². The van der Waals surface area contributed by atoms with Gasteiger partial charge < -0.3 is 4.74 Å². The van der Waals surface area contributed by atoms with Gasteiger partial charge in [0.05, 0.1) is 30.4 Å². The van der Waals surface area contributed by atoms with Crippen LogP contribution in [0.3, 0.4) is 0 Å². The minimum atomic E-state index is -3.64. The van der Waals surface area contributed by atoms with Crippen molar-refractivity contribution in [1.29, 1.82) is 5.26 Å². The number of nitrogens with zero attached hydrogens (tertiary/aromatic N) is 2. The van der Waals surface area contributed by atoms with Crippen LogP contribution < -0.4 is 0 Å². The number of esters is 1. The van der Waals surface area contributed by atoms with Crippen LogP contribution in [0, 0.1) is 11.3 Å². The van der Waals surface area contributed by atoms with E-state index in [9.17, 15) is 13.2 Å². The van der Waals surface area contributed by atoms with E-state index in [1.807, 2.05) is 6.07 Å². The second kappa shape index (κ2) is 7.76. The zero-order chi connectivity index (χ0) is 15.9. The molecule has 0 atom stereocenters. The van der Waals surface area contributed by atoms with Crippen LogP contribution >= 0.6 is 0 Å². The number of sulfonamides is 1. The van der Waals surface area contributed by atoms with Gasteiger partial charge in [-0.1, -0.05) is 12.1 Å². The van der Waals surface area contributed by atoms with Gasteiger partial charge in [0.25, 0.3) is 0 Å². The first kappa shape index (κ1) is 17.1. The average Bonchev–Trinajstić information content (AvgIpc) is 2.46. The van der Waals surface area contributed by atoms with E-state index >= 15 is 0 Å². The molecule has 1 rings (SSSR count). The lowest BCUT2D eigenvalue weighted by atomic mass is 10.2. The van der Waals surface area contributed by atoms with Crippen molar-refractivity contribution in [2.75, 3.05) is 20.2 Å². The van der Waals surface area contributed by atoms with Gasteiger partial charge in [-0.3, -0.25) is 4.79 Å². The van der Waals surface area contributed by atoms with Crippen molar-refractivity contribution in [2.45, 2.75) is 24.7 Å². The number of ether oxygens (including phenoxy) is 1. The molecule has 0 fully saturated rings. The predicted molar refractivity (Wildman–Crippen MR) is 76.8 cm³/mol. The van der Waals surface area contributed by atoms with Crippen LogP contribution in [0.2, 0.25) is 0 Å². The van der Waals surface area contributed by atoms with Crippen molar-refractivity contribution in [3.63, 3.8) is 0 Å². The Kier molecular flexibility index (Phi) is 6.34. The van der Waals surface area contributed by atoms with E-state index < -0.39 is 16.0 Å². The third-order valence-corrected chi connectivity index (χ3v) is 4.72. The molecule has 0 saturated heterocycles. The van der Waals surface area contributed by atoms with Crippen LogP contribution in [0.5, 0.6) is 0 Å². The highest BCUT2D eigenvalue weighted by atomic mass is 32.2. The summed E-state index contributed by atoms with van der Waals surface area (Å²) in [6, 6.07) is 8.13. The quantitative estimate of drug-likeness (QED) is 0.709. The van der Waals surface area contributed by atoms with Gasteiger partial charge >= 0.3 is 5.97 Å². The number of carbonyl (C=O) groups is 1. The fraction of sp³-hybridized carbons (Fsp3) is 0.429. The minimum absolute atomic E-state index is 0.0100. The molecule has 114 valence electrons. The summed E-state index contributed by atoms with van der Waals surface area (Å²) in [6.45, 7) is 2.03. The topological polar surface area (TPSA) is 87.5 Å². The van der Waals surface area contributed by atoms with Crippen LogP contribution in [-0.2, 0) is 26.0 Å². The predicted octanol–water partition coefficient (Wildman–Crippen LogP) is 1.33. The Morgan fingerprint density at radius 1 is 1.33 bits per heavy atom. The highest BCUT2D eigenvalue weighted by molar-refractivity contribution is 7.89. The number of nitriles is 1. The molecular formula is C14H18N2O4S. The summed E-state index contributed by atoms with van der Waals surface area (Å²) < 4.78 is 30.4. The first-order valence-corrected chi connectivity index (χ1v) is 7.93. The summed E-state index contributed by atoms with van der Waals surface area (Å²) >= 11 is 0. The summed E-state index contributed by atoms with van der Waals surface area (Å²) in [4.78, 5) is 11.4. The van der Waals surface area contributed by atoms with Crippen LogP contribution in [-0.4, -0.2) is 38.9 Å². The number of hydrogen-bond acceptors (Lipinski definition) is 5. The number of carbonyl (C=O) groups excluding carboxylic acids is 1. The van der Waals surface area contributed by atoms with Crippen LogP contribution in [0.15, 0.2) is 29.2 Å². The van der Waals surface area contributed by atoms with Crippen molar-refractivity contribution in [3.8, 4) is 6.07 Å². The molecule has 21 heavy (non-hydrogen) atoms. The van der Waals surface area contributed by atoms with Gasteiger partial charge in [-0.15, -0.1) is 0 Å². The maximum Gasteiger partial charge on any atom is 0.307 e. The molecular weight excluding hydrogens is 292 g/mol. The molecule has 0 bridgehead atoms. The molecule has 0 aliphatic heterocycles. The van der Waals surface area contributed by atoms with E-state index in [1.165, 1.54) is 19.2 Å². The zero-order valence-corrected chi connectivity index (χ0v) is 12.9. The van der Waals surface area contributed by atoms with E-state index in [0.717, 1.165) is 9.87 Å². The van der Waals surface area contributed by atoms with Crippen LogP contribution in [0.1, 0.15) is 18.9 Å². The molecule has 0 aliphatic rings. The number of benzene rings is 1. The van der Waals surface area contributed by atoms with Crippen molar-refractivity contribution in [3.05, 3.63) is 29.8 Å². The van der Waals surface area contributed by atoms with Gasteiger partial charge in [-0.05, 0) is 24.6 Å². The zero-order valence-electron chi connectivity index (χ0n) is 12.1. The Hall–Kier alpha value is -1.91. The maximum atomic E-state index is 12.3. The lowest BCUT2D eigenvalue weighted by Gasteiger charge is -2.16. The number of rotatable bonds is 7. The van der Waals surface area contributed by atoms with Crippen molar-refractivity contribution in [2.24, 2.45) is 0 Å². The third kappa shape index (κ3) is 4.85. The highest BCUT2D eigenvalue weighted by Gasteiger charge is 2.21. The number of hydrogen-bond donors (Lipinski definition) is 0. The lowest BCUT2D eigenvalue weighted by Crippen LogP contribution is -2.29. The van der Waals surface area contributed by atoms with Crippen molar-refractivity contribution >= 4 is 16.0 Å². The van der Waals surface area contributed by atoms with Crippen LogP contribution in [0.25, 0.3) is 0 Å². The second-order valence-electron chi connectivity index (χ2n) is 4.36. The molecule has 0 unspecified atom stereocenters. The van der Waals surface area contributed by atoms with Crippen LogP contribution in [0.4, 0.5) is 0 Å². The summed E-state index contributed by atoms with van der Waals surface area (Å²) in [6.07, 6.45) is 0.245. The Morgan fingerprint density at radius 3 is 2.48 bits per heavy atom. The van der Waals surface area contributed by atoms with E-state index in [1.54, 1.807) is 19.1 Å². The van der Waals surface area contributed by atoms with E-state index in [0.29, 0.717) is 0 Å². The molecule has 1 aromatic rings. The molecule has 0 aliphatic carbocycles. The molecule has 0 saturated carbocycles. The molecule has 1 aromatic carbocycles. The summed E-state index contributed by atoms with van der Waals surface area (Å²) in [5, 5.41) is 8.58. The average molecular weight is 310 g/mol. The molecule has 0 heterocycles. The molecule has 7 heteroatoms.